The number of hydrogen-bond acceptors (Lipinski definition) is 4. The van der Waals surface area contributed by atoms with Gasteiger partial charge in [-0.1, -0.05) is 18.2 Å². The molecule has 2 N–H and O–H groups in total. The van der Waals surface area contributed by atoms with Crippen molar-refractivity contribution in [1.82, 2.24) is 10.2 Å². The number of rotatable bonds is 7. The standard InChI is InChI=1S/C19H25N3O3S/c1-14-8-9-15(2)18(12-14)26(24,25)21-17-7-5-6-16(13-17)19(23)22(4)11-10-20-3/h5-9,12-13,20-21H,10-11H2,1-4H3. The first-order valence-electron chi connectivity index (χ1n) is 8.35. The summed E-state index contributed by atoms with van der Waals surface area (Å²) in [5.41, 5.74) is 2.33. The molecule has 0 fully saturated rings. The number of sulfonamides is 1. The predicted octanol–water partition coefficient (Wildman–Crippen LogP) is 2.40. The Morgan fingerprint density at radius 1 is 1.12 bits per heavy atom. The van der Waals surface area contributed by atoms with Crippen molar-refractivity contribution in [3.63, 3.8) is 0 Å². The number of nitrogens with zero attached hydrogens (tertiary/aromatic N) is 1. The molecular weight excluding hydrogens is 350 g/mol. The van der Waals surface area contributed by atoms with Gasteiger partial charge in [0.15, 0.2) is 0 Å². The average molecular weight is 375 g/mol. The minimum Gasteiger partial charge on any atom is -0.340 e. The minimum absolute atomic E-state index is 0.159. The van der Waals surface area contributed by atoms with Gasteiger partial charge in [0.2, 0.25) is 0 Å². The molecule has 1 amide bonds. The maximum absolute atomic E-state index is 12.7. The summed E-state index contributed by atoms with van der Waals surface area (Å²) < 4.78 is 28.0. The van der Waals surface area contributed by atoms with Gasteiger partial charge in [-0.05, 0) is 56.3 Å². The summed E-state index contributed by atoms with van der Waals surface area (Å²) in [7, 11) is -0.193. The molecule has 140 valence electrons. The number of amides is 1. The van der Waals surface area contributed by atoms with Crippen molar-refractivity contribution < 1.29 is 13.2 Å². The van der Waals surface area contributed by atoms with Crippen molar-refractivity contribution in [2.45, 2.75) is 18.7 Å². The quantitative estimate of drug-likeness (QED) is 0.779. The van der Waals surface area contributed by atoms with Crippen molar-refractivity contribution in [1.29, 1.82) is 0 Å². The minimum atomic E-state index is -3.73. The number of carbonyl (C=O) groups is 1. The third-order valence-corrected chi connectivity index (χ3v) is 5.56. The van der Waals surface area contributed by atoms with Crippen LogP contribution < -0.4 is 10.0 Å². The molecule has 2 aromatic rings. The van der Waals surface area contributed by atoms with Gasteiger partial charge in [-0.2, -0.15) is 0 Å². The summed E-state index contributed by atoms with van der Waals surface area (Å²) in [6, 6.07) is 11.8. The molecule has 26 heavy (non-hydrogen) atoms. The molecule has 2 aromatic carbocycles. The van der Waals surface area contributed by atoms with Crippen LogP contribution in [-0.4, -0.2) is 46.4 Å². The van der Waals surface area contributed by atoms with E-state index in [1.807, 2.05) is 20.0 Å². The highest BCUT2D eigenvalue weighted by Gasteiger charge is 2.18. The second-order valence-corrected chi connectivity index (χ2v) is 7.94. The predicted molar refractivity (Wildman–Crippen MR) is 104 cm³/mol. The molecule has 0 saturated heterocycles. The van der Waals surface area contributed by atoms with Gasteiger partial charge in [-0.15, -0.1) is 0 Å². The van der Waals surface area contributed by atoms with Gasteiger partial charge in [0, 0.05) is 31.4 Å². The van der Waals surface area contributed by atoms with Crippen LogP contribution >= 0.6 is 0 Å². The Morgan fingerprint density at radius 3 is 2.54 bits per heavy atom. The van der Waals surface area contributed by atoms with Crippen LogP contribution in [0.25, 0.3) is 0 Å². The monoisotopic (exact) mass is 375 g/mol. The molecule has 0 spiro atoms. The summed E-state index contributed by atoms with van der Waals surface area (Å²) in [6.07, 6.45) is 0. The molecule has 0 aromatic heterocycles. The second-order valence-electron chi connectivity index (χ2n) is 6.29. The Kier molecular flexibility index (Phi) is 6.39. The molecule has 0 bridgehead atoms. The number of likely N-dealkylation sites (N-methyl/N-ethyl adjacent to an activating group) is 2. The summed E-state index contributed by atoms with van der Waals surface area (Å²) in [6.45, 7) is 4.85. The first kappa shape index (κ1) is 19.9. The van der Waals surface area contributed by atoms with Crippen LogP contribution in [0.4, 0.5) is 5.69 Å². The summed E-state index contributed by atoms with van der Waals surface area (Å²) in [4.78, 5) is 14.3. The fourth-order valence-electron chi connectivity index (χ4n) is 2.52. The van der Waals surface area contributed by atoms with Gasteiger partial charge in [-0.3, -0.25) is 9.52 Å². The first-order chi connectivity index (χ1) is 12.2. The third kappa shape index (κ3) is 4.83. The lowest BCUT2D eigenvalue weighted by Gasteiger charge is -2.17. The second kappa shape index (κ2) is 8.33. The Morgan fingerprint density at radius 2 is 1.85 bits per heavy atom. The van der Waals surface area contributed by atoms with E-state index in [0.717, 1.165) is 5.56 Å². The third-order valence-electron chi connectivity index (χ3n) is 4.04. The van der Waals surface area contributed by atoms with Gasteiger partial charge >= 0.3 is 0 Å². The maximum Gasteiger partial charge on any atom is 0.262 e. The van der Waals surface area contributed by atoms with Crippen LogP contribution in [0.1, 0.15) is 21.5 Å². The first-order valence-corrected chi connectivity index (χ1v) is 9.83. The lowest BCUT2D eigenvalue weighted by Crippen LogP contribution is -2.32. The van der Waals surface area contributed by atoms with Crippen molar-refractivity contribution in [2.24, 2.45) is 0 Å². The van der Waals surface area contributed by atoms with E-state index in [-0.39, 0.29) is 10.8 Å². The van der Waals surface area contributed by atoms with Gasteiger partial charge in [0.05, 0.1) is 4.90 Å². The van der Waals surface area contributed by atoms with Crippen LogP contribution in [0.15, 0.2) is 47.4 Å². The summed E-state index contributed by atoms with van der Waals surface area (Å²) in [5.74, 6) is -0.159. The molecule has 0 unspecified atom stereocenters. The number of carbonyl (C=O) groups excluding carboxylic acids is 1. The zero-order valence-corrected chi connectivity index (χ0v) is 16.4. The molecular formula is C19H25N3O3S. The van der Waals surface area contributed by atoms with E-state index in [0.29, 0.717) is 29.9 Å². The Bertz CT molecular complexity index is 895. The van der Waals surface area contributed by atoms with Crippen molar-refractivity contribution in [3.8, 4) is 0 Å². The molecule has 0 aliphatic heterocycles. The fraction of sp³-hybridized carbons (Fsp3) is 0.316. The summed E-state index contributed by atoms with van der Waals surface area (Å²) in [5, 5.41) is 2.99. The SMILES string of the molecule is CNCCN(C)C(=O)c1cccc(NS(=O)(=O)c2cc(C)ccc2C)c1. The highest BCUT2D eigenvalue weighted by molar-refractivity contribution is 7.92. The lowest BCUT2D eigenvalue weighted by molar-refractivity contribution is 0.0797. The van der Waals surface area contributed by atoms with Crippen molar-refractivity contribution in [3.05, 3.63) is 59.2 Å². The van der Waals surface area contributed by atoms with E-state index >= 15 is 0 Å². The van der Waals surface area contributed by atoms with E-state index in [1.165, 1.54) is 0 Å². The van der Waals surface area contributed by atoms with Crippen LogP contribution in [0, 0.1) is 13.8 Å². The normalized spacial score (nSPS) is 11.2. The maximum atomic E-state index is 12.7. The number of hydrogen-bond donors (Lipinski definition) is 2. The van der Waals surface area contributed by atoms with E-state index in [9.17, 15) is 13.2 Å². The van der Waals surface area contributed by atoms with E-state index < -0.39 is 10.0 Å². The molecule has 6 nitrogen and oxygen atoms in total. The zero-order chi connectivity index (χ0) is 19.3. The Balaban J connectivity index is 2.25. The molecule has 0 saturated carbocycles. The Labute approximate surface area is 155 Å². The number of benzene rings is 2. The molecule has 0 aliphatic rings. The number of anilines is 1. The number of nitrogens with one attached hydrogen (secondary N) is 2. The molecule has 0 atom stereocenters. The van der Waals surface area contributed by atoms with Crippen molar-refractivity contribution >= 4 is 21.6 Å². The van der Waals surface area contributed by atoms with Gasteiger partial charge < -0.3 is 10.2 Å². The van der Waals surface area contributed by atoms with Crippen LogP contribution in [0.3, 0.4) is 0 Å². The van der Waals surface area contributed by atoms with E-state index in [4.69, 9.17) is 0 Å². The summed E-state index contributed by atoms with van der Waals surface area (Å²) >= 11 is 0. The molecule has 0 heterocycles. The average Bonchev–Trinajstić information content (AvgIpc) is 2.60. The van der Waals surface area contributed by atoms with Gasteiger partial charge in [0.1, 0.15) is 0 Å². The smallest absolute Gasteiger partial charge is 0.262 e. The largest absolute Gasteiger partial charge is 0.340 e. The zero-order valence-electron chi connectivity index (χ0n) is 15.5. The lowest BCUT2D eigenvalue weighted by atomic mass is 10.2. The van der Waals surface area contributed by atoms with Crippen LogP contribution in [0.2, 0.25) is 0 Å². The van der Waals surface area contributed by atoms with E-state index in [1.54, 1.807) is 55.3 Å². The highest BCUT2D eigenvalue weighted by Crippen LogP contribution is 2.21. The van der Waals surface area contributed by atoms with Gasteiger partial charge in [0.25, 0.3) is 15.9 Å². The fourth-order valence-corrected chi connectivity index (χ4v) is 3.90. The molecule has 0 radical (unpaired) electrons. The van der Waals surface area contributed by atoms with Crippen LogP contribution in [0.5, 0.6) is 0 Å². The highest BCUT2D eigenvalue weighted by atomic mass is 32.2. The van der Waals surface area contributed by atoms with Crippen molar-refractivity contribution in [2.75, 3.05) is 31.9 Å². The molecule has 2 rings (SSSR count). The molecule has 0 aliphatic carbocycles. The Hall–Kier alpha value is -2.38. The van der Waals surface area contributed by atoms with Crippen LogP contribution in [-0.2, 0) is 10.0 Å². The molecule has 7 heteroatoms. The number of aryl methyl sites for hydroxylation is 2. The van der Waals surface area contributed by atoms with E-state index in [2.05, 4.69) is 10.0 Å². The topological polar surface area (TPSA) is 78.5 Å². The van der Waals surface area contributed by atoms with Gasteiger partial charge in [-0.25, -0.2) is 8.42 Å².